The molecular formula is C22H34N4O. The van der Waals surface area contributed by atoms with Crippen molar-refractivity contribution in [1.82, 2.24) is 5.32 Å². The highest BCUT2D eigenvalue weighted by molar-refractivity contribution is 6.02. The molecule has 0 unspecified atom stereocenters. The van der Waals surface area contributed by atoms with Gasteiger partial charge in [0.2, 0.25) is 0 Å². The summed E-state index contributed by atoms with van der Waals surface area (Å²) in [6.07, 6.45) is 9.83. The molecule has 2 aliphatic carbocycles. The first-order valence-corrected chi connectivity index (χ1v) is 10.7. The third-order valence-corrected chi connectivity index (χ3v) is 7.15. The van der Waals surface area contributed by atoms with E-state index in [-0.39, 0.29) is 5.91 Å². The van der Waals surface area contributed by atoms with Gasteiger partial charge in [0, 0.05) is 26.2 Å². The summed E-state index contributed by atoms with van der Waals surface area (Å²) in [6.45, 7) is 4.37. The number of piperidine rings is 1. The van der Waals surface area contributed by atoms with Crippen LogP contribution in [0.3, 0.4) is 0 Å². The topological polar surface area (TPSA) is 70.4 Å². The van der Waals surface area contributed by atoms with E-state index in [9.17, 15) is 4.79 Å². The van der Waals surface area contributed by atoms with Crippen molar-refractivity contribution in [2.24, 2.45) is 11.3 Å². The molecule has 1 aliphatic heterocycles. The summed E-state index contributed by atoms with van der Waals surface area (Å²) in [6, 6.07) is 4.23. The number of hydrogen-bond acceptors (Lipinski definition) is 4. The number of nitrogen functional groups attached to an aromatic ring is 1. The average molecular weight is 371 g/mol. The molecule has 0 radical (unpaired) electrons. The van der Waals surface area contributed by atoms with E-state index >= 15 is 0 Å². The fourth-order valence-corrected chi connectivity index (χ4v) is 4.83. The van der Waals surface area contributed by atoms with E-state index in [0.29, 0.717) is 17.1 Å². The third kappa shape index (κ3) is 3.87. The van der Waals surface area contributed by atoms with E-state index < -0.39 is 0 Å². The molecule has 2 saturated carbocycles. The van der Waals surface area contributed by atoms with Crippen LogP contribution in [0.15, 0.2) is 12.1 Å². The third-order valence-electron chi connectivity index (χ3n) is 7.15. The fourth-order valence-electron chi connectivity index (χ4n) is 4.83. The Hall–Kier alpha value is -1.91. The maximum atomic E-state index is 13.1. The maximum absolute atomic E-state index is 13.1. The Labute approximate surface area is 163 Å². The zero-order valence-corrected chi connectivity index (χ0v) is 16.8. The van der Waals surface area contributed by atoms with Gasteiger partial charge >= 0.3 is 0 Å². The van der Waals surface area contributed by atoms with Crippen LogP contribution in [0.2, 0.25) is 0 Å². The highest BCUT2D eigenvalue weighted by Crippen LogP contribution is 2.54. The number of anilines is 3. The Morgan fingerprint density at radius 2 is 1.78 bits per heavy atom. The minimum atomic E-state index is 0.0330. The first-order chi connectivity index (χ1) is 13.0. The van der Waals surface area contributed by atoms with Gasteiger partial charge in [-0.15, -0.1) is 0 Å². The van der Waals surface area contributed by atoms with Crippen LogP contribution >= 0.6 is 0 Å². The predicted octanol–water partition coefficient (Wildman–Crippen LogP) is 4.00. The van der Waals surface area contributed by atoms with Gasteiger partial charge in [-0.1, -0.05) is 6.92 Å². The molecule has 0 bridgehead atoms. The average Bonchev–Trinajstić information content (AvgIpc) is 3.43. The number of hydrogen-bond donors (Lipinski definition) is 3. The Kier molecular flexibility index (Phi) is 4.95. The smallest absolute Gasteiger partial charge is 0.253 e. The lowest BCUT2D eigenvalue weighted by Crippen LogP contribution is -2.39. The highest BCUT2D eigenvalue weighted by atomic mass is 16.1. The second-order valence-corrected chi connectivity index (χ2v) is 9.12. The van der Waals surface area contributed by atoms with Crippen LogP contribution in [0.25, 0.3) is 0 Å². The molecule has 5 heteroatoms. The minimum Gasteiger partial charge on any atom is -0.397 e. The molecule has 3 fully saturated rings. The zero-order valence-electron chi connectivity index (χ0n) is 16.8. The quantitative estimate of drug-likeness (QED) is 0.701. The SMILES string of the molecule is CNc1cc(N2CCC3(CC2)CC3)c(C(=O)N[C@H]2CC[C@H](C)CC2)cc1N. The first kappa shape index (κ1) is 18.5. The van der Waals surface area contributed by atoms with Gasteiger partial charge in [0.15, 0.2) is 0 Å². The molecule has 1 aromatic carbocycles. The fraction of sp³-hybridized carbons (Fsp3) is 0.682. The van der Waals surface area contributed by atoms with E-state index in [2.05, 4.69) is 28.5 Å². The Morgan fingerprint density at radius 1 is 1.11 bits per heavy atom. The van der Waals surface area contributed by atoms with Gasteiger partial charge in [0.25, 0.3) is 5.91 Å². The van der Waals surface area contributed by atoms with Gasteiger partial charge in [0.05, 0.1) is 22.6 Å². The second-order valence-electron chi connectivity index (χ2n) is 9.12. The molecule has 148 valence electrons. The van der Waals surface area contributed by atoms with E-state index in [0.717, 1.165) is 48.8 Å². The van der Waals surface area contributed by atoms with Crippen LogP contribution in [0.4, 0.5) is 17.1 Å². The summed E-state index contributed by atoms with van der Waals surface area (Å²) in [5.41, 5.74) is 10.1. The van der Waals surface area contributed by atoms with Crippen LogP contribution in [0.5, 0.6) is 0 Å². The Bertz CT molecular complexity index is 695. The molecule has 1 amide bonds. The predicted molar refractivity (Wildman–Crippen MR) is 112 cm³/mol. The van der Waals surface area contributed by atoms with Crippen molar-refractivity contribution in [3.05, 3.63) is 17.7 Å². The molecule has 1 spiro atoms. The molecule has 1 saturated heterocycles. The number of benzene rings is 1. The maximum Gasteiger partial charge on any atom is 0.253 e. The number of nitrogens with one attached hydrogen (secondary N) is 2. The number of nitrogens with zero attached hydrogens (tertiary/aromatic N) is 1. The van der Waals surface area contributed by atoms with Gasteiger partial charge < -0.3 is 21.3 Å². The molecule has 1 aromatic rings. The van der Waals surface area contributed by atoms with Crippen molar-refractivity contribution in [2.75, 3.05) is 36.1 Å². The molecule has 0 aromatic heterocycles. The molecule has 3 aliphatic rings. The van der Waals surface area contributed by atoms with E-state index in [1.54, 1.807) is 0 Å². The molecular weight excluding hydrogens is 336 g/mol. The molecule has 5 nitrogen and oxygen atoms in total. The van der Waals surface area contributed by atoms with Crippen molar-refractivity contribution in [3.8, 4) is 0 Å². The lowest BCUT2D eigenvalue weighted by Gasteiger charge is -2.35. The number of amides is 1. The standard InChI is InChI=1S/C22H34N4O/c1-15-3-5-16(6-4-15)25-21(27)17-13-18(23)19(24-2)14-20(17)26-11-9-22(7-8-22)10-12-26/h13-16,24H,3-12,23H2,1-2H3,(H,25,27)/t15-,16-. The van der Waals surface area contributed by atoms with Crippen LogP contribution in [0, 0.1) is 11.3 Å². The number of carbonyl (C=O) groups excluding carboxylic acids is 1. The summed E-state index contributed by atoms with van der Waals surface area (Å²) >= 11 is 0. The zero-order chi connectivity index (χ0) is 19.0. The van der Waals surface area contributed by atoms with Crippen molar-refractivity contribution in [3.63, 3.8) is 0 Å². The summed E-state index contributed by atoms with van der Waals surface area (Å²) in [5.74, 6) is 0.813. The second kappa shape index (κ2) is 7.25. The molecule has 1 heterocycles. The van der Waals surface area contributed by atoms with Crippen molar-refractivity contribution >= 4 is 23.0 Å². The molecule has 4 rings (SSSR count). The van der Waals surface area contributed by atoms with Crippen LogP contribution in [-0.2, 0) is 0 Å². The summed E-state index contributed by atoms with van der Waals surface area (Å²) < 4.78 is 0. The lowest BCUT2D eigenvalue weighted by atomic mass is 9.87. The van der Waals surface area contributed by atoms with Crippen molar-refractivity contribution < 1.29 is 4.79 Å². The van der Waals surface area contributed by atoms with Crippen LogP contribution < -0.4 is 21.3 Å². The molecule has 4 N–H and O–H groups in total. The Balaban J connectivity index is 1.54. The van der Waals surface area contributed by atoms with Crippen LogP contribution in [-0.4, -0.2) is 32.1 Å². The van der Waals surface area contributed by atoms with Gasteiger partial charge in [-0.3, -0.25) is 4.79 Å². The van der Waals surface area contributed by atoms with E-state index in [1.165, 1.54) is 38.5 Å². The molecule has 0 atom stereocenters. The van der Waals surface area contributed by atoms with Gasteiger partial charge in [-0.25, -0.2) is 0 Å². The van der Waals surface area contributed by atoms with E-state index in [4.69, 9.17) is 5.73 Å². The van der Waals surface area contributed by atoms with Gasteiger partial charge in [0.1, 0.15) is 0 Å². The highest BCUT2D eigenvalue weighted by Gasteiger charge is 2.44. The van der Waals surface area contributed by atoms with Gasteiger partial charge in [-0.2, -0.15) is 0 Å². The molecule has 27 heavy (non-hydrogen) atoms. The van der Waals surface area contributed by atoms with Gasteiger partial charge in [-0.05, 0) is 74.8 Å². The Morgan fingerprint density at radius 3 is 2.37 bits per heavy atom. The number of nitrogens with two attached hydrogens (primary N) is 1. The minimum absolute atomic E-state index is 0.0330. The number of rotatable bonds is 4. The van der Waals surface area contributed by atoms with E-state index in [1.807, 2.05) is 13.1 Å². The largest absolute Gasteiger partial charge is 0.397 e. The lowest BCUT2D eigenvalue weighted by molar-refractivity contribution is 0.0923. The summed E-state index contributed by atoms with van der Waals surface area (Å²) in [7, 11) is 1.88. The summed E-state index contributed by atoms with van der Waals surface area (Å²) in [5, 5.41) is 6.46. The summed E-state index contributed by atoms with van der Waals surface area (Å²) in [4.78, 5) is 15.5. The van der Waals surface area contributed by atoms with Crippen LogP contribution in [0.1, 0.15) is 68.6 Å². The first-order valence-electron chi connectivity index (χ1n) is 10.7. The van der Waals surface area contributed by atoms with Crippen molar-refractivity contribution in [2.45, 2.75) is 64.3 Å². The number of carbonyl (C=O) groups is 1. The monoisotopic (exact) mass is 370 g/mol. The van der Waals surface area contributed by atoms with Crippen molar-refractivity contribution in [1.29, 1.82) is 0 Å². The normalized spacial score (nSPS) is 26.7.